The highest BCUT2D eigenvalue weighted by atomic mass is 32.1. The molecule has 1 aromatic heterocycles. The summed E-state index contributed by atoms with van der Waals surface area (Å²) in [6.07, 6.45) is 0. The standard InChI is InChI=1S/C16H26N2O2S/c1-14(2)18-5-6-19-13-16(12-18)11-17(4-7-20-16)9-15-3-8-21-10-15/h3,8,10,14H,4-7,9,11-13H2,1-2H3. The summed E-state index contributed by atoms with van der Waals surface area (Å²) in [6.45, 7) is 11.8. The van der Waals surface area contributed by atoms with Crippen LogP contribution in [0.3, 0.4) is 0 Å². The minimum atomic E-state index is -0.158. The van der Waals surface area contributed by atoms with Gasteiger partial charge in [0.15, 0.2) is 0 Å². The molecule has 1 atom stereocenters. The average molecular weight is 310 g/mol. The lowest BCUT2D eigenvalue weighted by atomic mass is 10.0. The molecule has 2 aliphatic heterocycles. The third-order valence-corrected chi connectivity index (χ3v) is 5.16. The van der Waals surface area contributed by atoms with Gasteiger partial charge < -0.3 is 9.47 Å². The van der Waals surface area contributed by atoms with E-state index in [1.54, 1.807) is 11.3 Å². The van der Waals surface area contributed by atoms with Crippen LogP contribution in [-0.2, 0) is 16.0 Å². The number of thiophene rings is 1. The van der Waals surface area contributed by atoms with Crippen molar-refractivity contribution < 1.29 is 9.47 Å². The molecule has 0 amide bonds. The highest BCUT2D eigenvalue weighted by Crippen LogP contribution is 2.25. The van der Waals surface area contributed by atoms with Gasteiger partial charge in [-0.15, -0.1) is 0 Å². The van der Waals surface area contributed by atoms with Crippen LogP contribution < -0.4 is 0 Å². The van der Waals surface area contributed by atoms with E-state index in [2.05, 4.69) is 40.5 Å². The molecule has 3 heterocycles. The van der Waals surface area contributed by atoms with Crippen molar-refractivity contribution >= 4 is 11.3 Å². The summed E-state index contributed by atoms with van der Waals surface area (Å²) in [5, 5.41) is 4.40. The molecule has 0 bridgehead atoms. The van der Waals surface area contributed by atoms with Crippen molar-refractivity contribution in [2.24, 2.45) is 0 Å². The predicted molar refractivity (Wildman–Crippen MR) is 85.8 cm³/mol. The number of hydrogen-bond donors (Lipinski definition) is 0. The lowest BCUT2D eigenvalue weighted by Gasteiger charge is -2.44. The van der Waals surface area contributed by atoms with Crippen LogP contribution in [0.25, 0.3) is 0 Å². The molecule has 0 aromatic carbocycles. The third-order valence-electron chi connectivity index (χ3n) is 4.42. The molecule has 21 heavy (non-hydrogen) atoms. The maximum atomic E-state index is 6.21. The molecule has 0 radical (unpaired) electrons. The molecule has 1 spiro atoms. The molecule has 4 nitrogen and oxygen atoms in total. The van der Waals surface area contributed by atoms with Gasteiger partial charge in [-0.1, -0.05) is 0 Å². The Bertz CT molecular complexity index is 437. The monoisotopic (exact) mass is 310 g/mol. The smallest absolute Gasteiger partial charge is 0.117 e. The van der Waals surface area contributed by atoms with Crippen molar-refractivity contribution in [3.63, 3.8) is 0 Å². The molecule has 2 saturated heterocycles. The fourth-order valence-corrected chi connectivity index (χ4v) is 3.92. The molecule has 5 heteroatoms. The summed E-state index contributed by atoms with van der Waals surface area (Å²) in [4.78, 5) is 5.00. The van der Waals surface area contributed by atoms with E-state index in [-0.39, 0.29) is 5.60 Å². The fourth-order valence-electron chi connectivity index (χ4n) is 3.26. The first-order chi connectivity index (χ1) is 10.2. The van der Waals surface area contributed by atoms with Gasteiger partial charge in [-0.3, -0.25) is 9.80 Å². The van der Waals surface area contributed by atoms with Crippen molar-refractivity contribution in [2.75, 3.05) is 46.0 Å². The number of nitrogens with zero attached hydrogens (tertiary/aromatic N) is 2. The first-order valence-corrected chi connectivity index (χ1v) is 8.80. The third kappa shape index (κ3) is 3.85. The lowest BCUT2D eigenvalue weighted by molar-refractivity contribution is -0.144. The van der Waals surface area contributed by atoms with Gasteiger partial charge in [-0.25, -0.2) is 0 Å². The van der Waals surface area contributed by atoms with E-state index in [0.29, 0.717) is 6.04 Å². The molecule has 2 fully saturated rings. The van der Waals surface area contributed by atoms with Crippen molar-refractivity contribution in [3.8, 4) is 0 Å². The van der Waals surface area contributed by atoms with E-state index in [9.17, 15) is 0 Å². The van der Waals surface area contributed by atoms with Gasteiger partial charge in [0, 0.05) is 38.8 Å². The van der Waals surface area contributed by atoms with Gasteiger partial charge in [-0.2, -0.15) is 11.3 Å². The summed E-state index contributed by atoms with van der Waals surface area (Å²) < 4.78 is 12.1. The Morgan fingerprint density at radius 2 is 2.19 bits per heavy atom. The van der Waals surface area contributed by atoms with Gasteiger partial charge >= 0.3 is 0 Å². The Labute approximate surface area is 131 Å². The summed E-state index contributed by atoms with van der Waals surface area (Å²) >= 11 is 1.77. The normalized spacial score (nSPS) is 29.1. The minimum Gasteiger partial charge on any atom is -0.377 e. The fraction of sp³-hybridized carbons (Fsp3) is 0.750. The summed E-state index contributed by atoms with van der Waals surface area (Å²) in [7, 11) is 0. The van der Waals surface area contributed by atoms with Gasteiger partial charge in [0.05, 0.1) is 19.8 Å². The van der Waals surface area contributed by atoms with Crippen LogP contribution in [0.1, 0.15) is 19.4 Å². The Hall–Kier alpha value is -0.460. The van der Waals surface area contributed by atoms with Crippen LogP contribution in [0.2, 0.25) is 0 Å². The quantitative estimate of drug-likeness (QED) is 0.853. The van der Waals surface area contributed by atoms with Crippen LogP contribution in [0, 0.1) is 0 Å². The van der Waals surface area contributed by atoms with Gasteiger partial charge in [0.1, 0.15) is 5.60 Å². The van der Waals surface area contributed by atoms with E-state index in [0.717, 1.165) is 52.5 Å². The van der Waals surface area contributed by atoms with Crippen LogP contribution >= 0.6 is 11.3 Å². The molecule has 118 valence electrons. The lowest BCUT2D eigenvalue weighted by Crippen LogP contribution is -2.59. The van der Waals surface area contributed by atoms with Crippen LogP contribution in [0.4, 0.5) is 0 Å². The Kier molecular flexibility index (Phi) is 4.96. The molecule has 0 aliphatic carbocycles. The largest absolute Gasteiger partial charge is 0.377 e. The molecule has 3 rings (SSSR count). The van der Waals surface area contributed by atoms with Crippen LogP contribution in [0.15, 0.2) is 16.8 Å². The highest BCUT2D eigenvalue weighted by molar-refractivity contribution is 7.07. The number of ether oxygens (including phenoxy) is 2. The summed E-state index contributed by atoms with van der Waals surface area (Å²) in [5.74, 6) is 0. The highest BCUT2D eigenvalue weighted by Gasteiger charge is 2.40. The molecule has 1 aromatic rings. The average Bonchev–Trinajstić information content (AvgIpc) is 2.87. The Morgan fingerprint density at radius 3 is 2.95 bits per heavy atom. The maximum Gasteiger partial charge on any atom is 0.117 e. The zero-order valence-corrected chi connectivity index (χ0v) is 13.9. The first kappa shape index (κ1) is 15.4. The number of morpholine rings is 1. The molecular formula is C16H26N2O2S. The van der Waals surface area contributed by atoms with Crippen LogP contribution in [-0.4, -0.2) is 67.4 Å². The predicted octanol–water partition coefficient (Wildman–Crippen LogP) is 2.06. The maximum absolute atomic E-state index is 6.21. The zero-order valence-electron chi connectivity index (χ0n) is 13.1. The minimum absolute atomic E-state index is 0.158. The second-order valence-electron chi connectivity index (χ2n) is 6.49. The van der Waals surface area contributed by atoms with Crippen LogP contribution in [0.5, 0.6) is 0 Å². The topological polar surface area (TPSA) is 24.9 Å². The van der Waals surface area contributed by atoms with E-state index < -0.39 is 0 Å². The number of rotatable bonds is 3. The van der Waals surface area contributed by atoms with Crippen molar-refractivity contribution in [3.05, 3.63) is 22.4 Å². The van der Waals surface area contributed by atoms with Crippen molar-refractivity contribution in [2.45, 2.75) is 32.0 Å². The Morgan fingerprint density at radius 1 is 1.29 bits per heavy atom. The van der Waals surface area contributed by atoms with E-state index >= 15 is 0 Å². The molecule has 1 unspecified atom stereocenters. The second kappa shape index (κ2) is 6.75. The van der Waals surface area contributed by atoms with Gasteiger partial charge in [-0.05, 0) is 36.2 Å². The van der Waals surface area contributed by atoms with Crippen molar-refractivity contribution in [1.82, 2.24) is 9.80 Å². The molecule has 0 N–H and O–H groups in total. The second-order valence-corrected chi connectivity index (χ2v) is 7.27. The van der Waals surface area contributed by atoms with E-state index in [4.69, 9.17) is 9.47 Å². The van der Waals surface area contributed by atoms with E-state index in [1.165, 1.54) is 5.56 Å². The summed E-state index contributed by atoms with van der Waals surface area (Å²) in [5.41, 5.74) is 1.25. The molecule has 2 aliphatic rings. The SMILES string of the molecule is CC(C)N1CCOCC2(CN(Cc3ccsc3)CCO2)C1. The Balaban J connectivity index is 1.67. The van der Waals surface area contributed by atoms with Gasteiger partial charge in [0.2, 0.25) is 0 Å². The molecule has 0 saturated carbocycles. The zero-order chi connectivity index (χ0) is 14.7. The van der Waals surface area contributed by atoms with Crippen molar-refractivity contribution in [1.29, 1.82) is 0 Å². The number of hydrogen-bond acceptors (Lipinski definition) is 5. The molecular weight excluding hydrogens is 284 g/mol. The summed E-state index contributed by atoms with van der Waals surface area (Å²) in [6, 6.07) is 2.76. The first-order valence-electron chi connectivity index (χ1n) is 7.86. The van der Waals surface area contributed by atoms with E-state index in [1.807, 2.05) is 0 Å². The van der Waals surface area contributed by atoms with Gasteiger partial charge in [0.25, 0.3) is 0 Å².